The van der Waals surface area contributed by atoms with E-state index in [0.717, 1.165) is 47.9 Å². The number of hydrogen-bond acceptors (Lipinski definition) is 4. The normalized spacial score (nSPS) is 16.9. The highest BCUT2D eigenvalue weighted by atomic mass is 16.4. The summed E-state index contributed by atoms with van der Waals surface area (Å²) in [5.74, 6) is 1.14. The zero-order chi connectivity index (χ0) is 19.8. The Morgan fingerprint density at radius 3 is 2.21 bits per heavy atom. The molecular weight excluding hydrogens is 362 g/mol. The molecular formula is C24H25N3O2. The smallest absolute Gasteiger partial charge is 0.254 e. The molecule has 0 saturated heterocycles. The molecule has 0 spiro atoms. The maximum atomic E-state index is 13.2. The predicted octanol–water partition coefficient (Wildman–Crippen LogP) is 5.26. The third kappa shape index (κ3) is 3.69. The van der Waals surface area contributed by atoms with Crippen LogP contribution >= 0.6 is 0 Å². The summed E-state index contributed by atoms with van der Waals surface area (Å²) in [6.45, 7) is 2.03. The van der Waals surface area contributed by atoms with Crippen molar-refractivity contribution < 1.29 is 9.21 Å². The second kappa shape index (κ2) is 7.47. The van der Waals surface area contributed by atoms with Gasteiger partial charge < -0.3 is 9.32 Å². The van der Waals surface area contributed by atoms with Crippen molar-refractivity contribution in [3.8, 4) is 22.9 Å². The van der Waals surface area contributed by atoms with E-state index in [0.29, 0.717) is 23.9 Å². The number of hydrogen-bond donors (Lipinski definition) is 0. The predicted molar refractivity (Wildman–Crippen MR) is 111 cm³/mol. The zero-order valence-corrected chi connectivity index (χ0v) is 16.7. The summed E-state index contributed by atoms with van der Waals surface area (Å²) in [6, 6.07) is 16.4. The molecule has 29 heavy (non-hydrogen) atoms. The van der Waals surface area contributed by atoms with E-state index in [1.165, 1.54) is 12.8 Å². The van der Waals surface area contributed by atoms with Gasteiger partial charge in [-0.15, -0.1) is 10.2 Å². The first-order valence-electron chi connectivity index (χ1n) is 10.5. The lowest BCUT2D eigenvalue weighted by molar-refractivity contribution is 0.0664. The van der Waals surface area contributed by atoms with Crippen molar-refractivity contribution in [2.45, 2.75) is 57.5 Å². The number of nitrogens with zero attached hydrogens (tertiary/aromatic N) is 3. The van der Waals surface area contributed by atoms with Crippen molar-refractivity contribution >= 4 is 5.91 Å². The van der Waals surface area contributed by atoms with Gasteiger partial charge in [0.25, 0.3) is 5.91 Å². The molecule has 0 atom stereocenters. The van der Waals surface area contributed by atoms with Gasteiger partial charge in [0.15, 0.2) is 0 Å². The van der Waals surface area contributed by atoms with Crippen molar-refractivity contribution in [3.63, 3.8) is 0 Å². The third-order valence-corrected chi connectivity index (χ3v) is 5.96. The monoisotopic (exact) mass is 387 g/mol. The van der Waals surface area contributed by atoms with Crippen molar-refractivity contribution in [2.75, 3.05) is 0 Å². The number of aromatic nitrogens is 2. The van der Waals surface area contributed by atoms with Crippen LogP contribution in [0, 0.1) is 6.92 Å². The Balaban J connectivity index is 1.35. The minimum Gasteiger partial charge on any atom is -0.416 e. The summed E-state index contributed by atoms with van der Waals surface area (Å²) in [7, 11) is 0. The number of carbonyl (C=O) groups excluding carboxylic acids is 1. The van der Waals surface area contributed by atoms with E-state index >= 15 is 0 Å². The SMILES string of the molecule is Cc1cccc(-c2nnc(-c3ccc(C(=O)N(C4CCCC4)C4CC4)cc3)o2)c1. The van der Waals surface area contributed by atoms with Gasteiger partial charge in [0.1, 0.15) is 0 Å². The maximum Gasteiger partial charge on any atom is 0.254 e. The molecule has 1 heterocycles. The molecule has 2 aliphatic rings. The van der Waals surface area contributed by atoms with Crippen LogP contribution in [0.2, 0.25) is 0 Å². The van der Waals surface area contributed by atoms with E-state index in [2.05, 4.69) is 15.1 Å². The fourth-order valence-corrected chi connectivity index (χ4v) is 4.30. The van der Waals surface area contributed by atoms with Crippen LogP contribution in [-0.4, -0.2) is 33.1 Å². The summed E-state index contributed by atoms with van der Waals surface area (Å²) in [4.78, 5) is 15.3. The number of benzene rings is 2. The van der Waals surface area contributed by atoms with Gasteiger partial charge in [-0.2, -0.15) is 0 Å². The summed E-state index contributed by atoms with van der Waals surface area (Å²) >= 11 is 0. The molecule has 5 nitrogen and oxygen atoms in total. The first-order valence-corrected chi connectivity index (χ1v) is 10.5. The lowest BCUT2D eigenvalue weighted by atomic mass is 10.1. The van der Waals surface area contributed by atoms with Crippen LogP contribution in [0.5, 0.6) is 0 Å². The van der Waals surface area contributed by atoms with Gasteiger partial charge in [-0.05, 0) is 69.0 Å². The molecule has 2 aliphatic carbocycles. The van der Waals surface area contributed by atoms with Crippen LogP contribution in [-0.2, 0) is 0 Å². The van der Waals surface area contributed by atoms with Gasteiger partial charge >= 0.3 is 0 Å². The molecule has 1 amide bonds. The van der Waals surface area contributed by atoms with Crippen molar-refractivity contribution in [2.24, 2.45) is 0 Å². The van der Waals surface area contributed by atoms with Crippen LogP contribution in [0.4, 0.5) is 0 Å². The molecule has 148 valence electrons. The molecule has 5 heteroatoms. The van der Waals surface area contributed by atoms with Crippen LogP contribution < -0.4 is 0 Å². The minimum absolute atomic E-state index is 0.164. The second-order valence-corrected chi connectivity index (χ2v) is 8.24. The Morgan fingerprint density at radius 1 is 0.897 bits per heavy atom. The van der Waals surface area contributed by atoms with Gasteiger partial charge in [-0.1, -0.05) is 30.5 Å². The number of rotatable bonds is 5. The second-order valence-electron chi connectivity index (χ2n) is 8.24. The minimum atomic E-state index is 0.164. The number of amides is 1. The first kappa shape index (κ1) is 18.1. The number of carbonyl (C=O) groups is 1. The largest absolute Gasteiger partial charge is 0.416 e. The lowest BCUT2D eigenvalue weighted by Crippen LogP contribution is -2.40. The molecule has 0 radical (unpaired) electrons. The molecule has 1 aromatic heterocycles. The van der Waals surface area contributed by atoms with Crippen molar-refractivity contribution in [3.05, 3.63) is 59.7 Å². The number of aryl methyl sites for hydroxylation is 1. The zero-order valence-electron chi connectivity index (χ0n) is 16.7. The molecule has 3 aromatic rings. The molecule has 0 N–H and O–H groups in total. The van der Waals surface area contributed by atoms with E-state index < -0.39 is 0 Å². The molecule has 5 rings (SSSR count). The van der Waals surface area contributed by atoms with Gasteiger partial charge in [-0.3, -0.25) is 4.79 Å². The maximum absolute atomic E-state index is 13.2. The summed E-state index contributed by atoms with van der Waals surface area (Å²) < 4.78 is 5.87. The van der Waals surface area contributed by atoms with Gasteiger partial charge in [0.2, 0.25) is 11.8 Å². The molecule has 0 aliphatic heterocycles. The average molecular weight is 387 g/mol. The first-order chi connectivity index (χ1) is 14.2. The Morgan fingerprint density at radius 2 is 1.55 bits per heavy atom. The standard InChI is InChI=1S/C24H25N3O2/c1-16-5-4-6-19(15-16)23-26-25-22(29-23)17-9-11-18(12-10-17)24(28)27(21-13-14-21)20-7-2-3-8-20/h4-6,9-12,15,20-21H,2-3,7-8,13-14H2,1H3. The highest BCUT2D eigenvalue weighted by Crippen LogP contribution is 2.35. The van der Waals surface area contributed by atoms with Crippen molar-refractivity contribution in [1.82, 2.24) is 15.1 Å². The molecule has 2 fully saturated rings. The quantitative estimate of drug-likeness (QED) is 0.599. The molecule has 2 saturated carbocycles. The van der Waals surface area contributed by atoms with E-state index in [-0.39, 0.29) is 5.91 Å². The fourth-order valence-electron chi connectivity index (χ4n) is 4.30. The Kier molecular flexibility index (Phi) is 4.66. The third-order valence-electron chi connectivity index (χ3n) is 5.96. The van der Waals surface area contributed by atoms with E-state index in [4.69, 9.17) is 4.42 Å². The van der Waals surface area contributed by atoms with Crippen molar-refractivity contribution in [1.29, 1.82) is 0 Å². The summed E-state index contributed by atoms with van der Waals surface area (Å²) in [5, 5.41) is 8.37. The van der Waals surface area contributed by atoms with Crippen LogP contribution in [0.3, 0.4) is 0 Å². The van der Waals surface area contributed by atoms with Gasteiger partial charge in [0, 0.05) is 28.8 Å². The van der Waals surface area contributed by atoms with E-state index in [1.54, 1.807) is 0 Å². The Hall–Kier alpha value is -2.95. The summed E-state index contributed by atoms with van der Waals surface area (Å²) in [6.07, 6.45) is 7.04. The Labute approximate surface area is 170 Å². The van der Waals surface area contributed by atoms with E-state index in [1.807, 2.05) is 55.5 Å². The van der Waals surface area contributed by atoms with Crippen LogP contribution in [0.25, 0.3) is 22.9 Å². The van der Waals surface area contributed by atoms with Gasteiger partial charge in [-0.25, -0.2) is 0 Å². The highest BCUT2D eigenvalue weighted by molar-refractivity contribution is 5.95. The highest BCUT2D eigenvalue weighted by Gasteiger charge is 2.38. The Bertz CT molecular complexity index is 1010. The fraction of sp³-hybridized carbons (Fsp3) is 0.375. The molecule has 2 aromatic carbocycles. The van der Waals surface area contributed by atoms with Crippen LogP contribution in [0.15, 0.2) is 52.9 Å². The van der Waals surface area contributed by atoms with E-state index in [9.17, 15) is 4.79 Å². The van der Waals surface area contributed by atoms with Crippen LogP contribution in [0.1, 0.15) is 54.4 Å². The molecule has 0 bridgehead atoms. The van der Waals surface area contributed by atoms with Gasteiger partial charge in [0.05, 0.1) is 0 Å². The topological polar surface area (TPSA) is 59.2 Å². The lowest BCUT2D eigenvalue weighted by Gasteiger charge is -2.29. The summed E-state index contributed by atoms with van der Waals surface area (Å²) in [5.41, 5.74) is 3.62. The average Bonchev–Trinajstić information content (AvgIpc) is 3.21. The molecule has 0 unspecified atom stereocenters.